The van der Waals surface area contributed by atoms with Crippen molar-refractivity contribution in [2.75, 3.05) is 13.6 Å². The van der Waals surface area contributed by atoms with Crippen LogP contribution in [0.2, 0.25) is 0 Å². The molecule has 4 aromatic rings. The minimum absolute atomic E-state index is 0.0897. The van der Waals surface area contributed by atoms with Gasteiger partial charge in [0, 0.05) is 37.5 Å². The van der Waals surface area contributed by atoms with Crippen LogP contribution in [0.4, 0.5) is 0 Å². The third-order valence-corrected chi connectivity index (χ3v) is 4.99. The van der Waals surface area contributed by atoms with E-state index in [4.69, 9.17) is 4.42 Å². The molecule has 0 aliphatic carbocycles. The largest absolute Gasteiger partial charge is 0.458 e. The van der Waals surface area contributed by atoms with Gasteiger partial charge in [-0.3, -0.25) is 9.78 Å². The highest BCUT2D eigenvalue weighted by molar-refractivity contribution is 5.97. The lowest BCUT2D eigenvalue weighted by Gasteiger charge is -2.17. The third-order valence-electron chi connectivity index (χ3n) is 4.99. The van der Waals surface area contributed by atoms with Gasteiger partial charge in [-0.1, -0.05) is 6.07 Å². The number of carbonyl (C=O) groups excluding carboxylic acids is 2. The van der Waals surface area contributed by atoms with E-state index in [2.05, 4.69) is 9.97 Å². The Balaban J connectivity index is 1.60. The first-order valence-electron chi connectivity index (χ1n) is 9.73. The van der Waals surface area contributed by atoms with E-state index in [0.717, 1.165) is 23.3 Å². The highest BCUT2D eigenvalue weighted by Gasteiger charge is 2.18. The maximum atomic E-state index is 12.9. The van der Waals surface area contributed by atoms with Gasteiger partial charge in [0.15, 0.2) is 11.6 Å². The first-order chi connectivity index (χ1) is 14.6. The molecule has 0 spiro atoms. The van der Waals surface area contributed by atoms with Crippen LogP contribution in [-0.2, 0) is 17.8 Å². The molecule has 0 unspecified atom stereocenters. The molecule has 3 heterocycles. The maximum Gasteiger partial charge on any atom is 0.253 e. The predicted octanol–water partition coefficient (Wildman–Crippen LogP) is 3.51. The summed E-state index contributed by atoms with van der Waals surface area (Å²) in [6.45, 7) is 2.57. The van der Waals surface area contributed by atoms with Crippen LogP contribution in [-0.4, -0.2) is 45.2 Å². The van der Waals surface area contributed by atoms with Gasteiger partial charge in [0.25, 0.3) is 5.91 Å². The van der Waals surface area contributed by atoms with E-state index < -0.39 is 0 Å². The van der Waals surface area contributed by atoms with Crippen LogP contribution in [0.25, 0.3) is 22.6 Å². The molecule has 30 heavy (non-hydrogen) atoms. The number of hydrogen-bond donors (Lipinski definition) is 0. The van der Waals surface area contributed by atoms with Gasteiger partial charge in [0.2, 0.25) is 0 Å². The number of imidazole rings is 1. The number of pyridine rings is 1. The molecule has 7 nitrogen and oxygen atoms in total. The molecule has 0 N–H and O–H groups in total. The summed E-state index contributed by atoms with van der Waals surface area (Å²) in [6, 6.07) is 14.8. The number of nitrogens with zero attached hydrogens (tertiary/aromatic N) is 4. The zero-order valence-electron chi connectivity index (χ0n) is 16.9. The highest BCUT2D eigenvalue weighted by atomic mass is 16.3. The molecule has 1 aromatic carbocycles. The van der Waals surface area contributed by atoms with Crippen molar-refractivity contribution in [3.05, 3.63) is 71.7 Å². The Bertz CT molecular complexity index is 1190. The van der Waals surface area contributed by atoms with E-state index in [1.807, 2.05) is 43.3 Å². The Labute approximate surface area is 174 Å². The summed E-state index contributed by atoms with van der Waals surface area (Å²) in [5, 5.41) is 0. The number of aromatic nitrogens is 3. The first kappa shape index (κ1) is 19.6. The van der Waals surface area contributed by atoms with Crippen molar-refractivity contribution in [3.63, 3.8) is 0 Å². The van der Waals surface area contributed by atoms with Crippen LogP contribution in [0.5, 0.6) is 0 Å². The fourth-order valence-electron chi connectivity index (χ4n) is 3.42. The Morgan fingerprint density at radius 1 is 1.20 bits per heavy atom. The molecule has 0 fully saturated rings. The van der Waals surface area contributed by atoms with E-state index in [9.17, 15) is 9.59 Å². The Morgan fingerprint density at radius 3 is 2.77 bits per heavy atom. The second kappa shape index (κ2) is 8.32. The number of benzene rings is 1. The van der Waals surface area contributed by atoms with Crippen molar-refractivity contribution in [3.8, 4) is 11.6 Å². The quantitative estimate of drug-likeness (QED) is 0.442. The molecular weight excluding hydrogens is 380 g/mol. The van der Waals surface area contributed by atoms with Crippen LogP contribution in [0.15, 0.2) is 59.1 Å². The number of likely N-dealkylation sites (N-methyl/N-ethyl adjacent to an activating group) is 1. The number of fused-ring (bicyclic) bond motifs is 1. The molecular formula is C23H22N4O3. The Morgan fingerprint density at radius 2 is 2.07 bits per heavy atom. The molecule has 0 bridgehead atoms. The molecule has 152 valence electrons. The average Bonchev–Trinajstić information content (AvgIpc) is 3.35. The predicted molar refractivity (Wildman–Crippen MR) is 113 cm³/mol. The molecule has 1 amide bonds. The van der Waals surface area contributed by atoms with Gasteiger partial charge in [-0.15, -0.1) is 0 Å². The second-order valence-corrected chi connectivity index (χ2v) is 7.12. The zero-order valence-corrected chi connectivity index (χ0v) is 16.9. The lowest BCUT2D eigenvalue weighted by Crippen LogP contribution is -2.29. The second-order valence-electron chi connectivity index (χ2n) is 7.12. The van der Waals surface area contributed by atoms with Gasteiger partial charge >= 0.3 is 0 Å². The number of rotatable bonds is 7. The summed E-state index contributed by atoms with van der Waals surface area (Å²) in [5.41, 5.74) is 2.91. The van der Waals surface area contributed by atoms with Crippen molar-refractivity contribution in [1.82, 2.24) is 19.4 Å². The van der Waals surface area contributed by atoms with Gasteiger partial charge in [-0.2, -0.15) is 0 Å². The van der Waals surface area contributed by atoms with Crippen LogP contribution in [0, 0.1) is 6.92 Å². The van der Waals surface area contributed by atoms with E-state index in [0.29, 0.717) is 35.6 Å². The summed E-state index contributed by atoms with van der Waals surface area (Å²) in [4.78, 5) is 34.7. The number of aryl methyl sites for hydroxylation is 1. The molecule has 4 rings (SSSR count). The summed E-state index contributed by atoms with van der Waals surface area (Å²) >= 11 is 0. The van der Waals surface area contributed by atoms with Crippen LogP contribution in [0.1, 0.15) is 21.8 Å². The monoisotopic (exact) mass is 402 g/mol. The SMILES string of the molecule is Cc1ccc(-c2nc3cc(C(=O)N(C)CCc4ccccn4)ccc3n2CC=O)o1. The minimum Gasteiger partial charge on any atom is -0.458 e. The van der Waals surface area contributed by atoms with Crippen molar-refractivity contribution < 1.29 is 14.0 Å². The lowest BCUT2D eigenvalue weighted by molar-refractivity contribution is -0.108. The van der Waals surface area contributed by atoms with Crippen LogP contribution < -0.4 is 0 Å². The molecule has 0 saturated carbocycles. The minimum atomic E-state index is -0.0897. The Hall–Kier alpha value is -3.74. The molecule has 0 atom stereocenters. The number of amides is 1. The zero-order chi connectivity index (χ0) is 21.1. The van der Waals surface area contributed by atoms with E-state index in [1.54, 1.807) is 34.8 Å². The van der Waals surface area contributed by atoms with Gasteiger partial charge in [-0.25, -0.2) is 4.98 Å². The smallest absolute Gasteiger partial charge is 0.253 e. The number of hydrogen-bond acceptors (Lipinski definition) is 5. The molecule has 7 heteroatoms. The molecule has 0 aliphatic heterocycles. The highest BCUT2D eigenvalue weighted by Crippen LogP contribution is 2.27. The topological polar surface area (TPSA) is 81.2 Å². The van der Waals surface area contributed by atoms with Crippen molar-refractivity contribution in [1.29, 1.82) is 0 Å². The van der Waals surface area contributed by atoms with Crippen LogP contribution >= 0.6 is 0 Å². The molecule has 3 aromatic heterocycles. The summed E-state index contributed by atoms with van der Waals surface area (Å²) < 4.78 is 7.49. The Kier molecular flexibility index (Phi) is 5.43. The van der Waals surface area contributed by atoms with Crippen molar-refractivity contribution in [2.24, 2.45) is 0 Å². The normalized spacial score (nSPS) is 11.0. The fraction of sp³-hybridized carbons (Fsp3) is 0.217. The molecule has 0 radical (unpaired) electrons. The summed E-state index contributed by atoms with van der Waals surface area (Å²) in [6.07, 6.45) is 3.25. The molecule has 0 aliphatic rings. The first-order valence-corrected chi connectivity index (χ1v) is 9.73. The van der Waals surface area contributed by atoms with Gasteiger partial charge < -0.3 is 18.7 Å². The molecule has 0 saturated heterocycles. The van der Waals surface area contributed by atoms with Crippen molar-refractivity contribution >= 4 is 23.2 Å². The number of carbonyl (C=O) groups is 2. The number of furan rings is 1. The summed E-state index contributed by atoms with van der Waals surface area (Å²) in [5.74, 6) is 1.83. The van der Waals surface area contributed by atoms with Crippen LogP contribution in [0.3, 0.4) is 0 Å². The van der Waals surface area contributed by atoms with Crippen molar-refractivity contribution in [2.45, 2.75) is 19.9 Å². The standard InChI is InChI=1S/C23H22N4O3/c1-16-6-9-21(30-16)22-25-19-15-17(7-8-20(19)27(22)13-14-28)23(29)26(2)12-10-18-5-3-4-11-24-18/h3-9,11,14-15H,10,12-13H2,1-2H3. The van der Waals surface area contributed by atoms with E-state index in [-0.39, 0.29) is 12.5 Å². The van der Waals surface area contributed by atoms with Gasteiger partial charge in [0.1, 0.15) is 12.0 Å². The third kappa shape index (κ3) is 3.87. The lowest BCUT2D eigenvalue weighted by atomic mass is 10.1. The van der Waals surface area contributed by atoms with Gasteiger partial charge in [0.05, 0.1) is 17.6 Å². The maximum absolute atomic E-state index is 12.9. The van der Waals surface area contributed by atoms with E-state index in [1.165, 1.54) is 0 Å². The fourth-order valence-corrected chi connectivity index (χ4v) is 3.42. The van der Waals surface area contributed by atoms with E-state index >= 15 is 0 Å². The average molecular weight is 402 g/mol. The van der Waals surface area contributed by atoms with Gasteiger partial charge in [-0.05, 0) is 49.4 Å². The number of aldehydes is 1. The summed E-state index contributed by atoms with van der Waals surface area (Å²) in [7, 11) is 1.78.